The van der Waals surface area contributed by atoms with Crippen molar-refractivity contribution in [2.75, 3.05) is 32.5 Å². The van der Waals surface area contributed by atoms with Crippen molar-refractivity contribution < 1.29 is 22.4 Å². The Morgan fingerprint density at radius 2 is 1.85 bits per heavy atom. The van der Waals surface area contributed by atoms with Crippen molar-refractivity contribution in [2.24, 2.45) is 0 Å². The van der Waals surface area contributed by atoms with Gasteiger partial charge in [-0.25, -0.2) is 12.7 Å². The summed E-state index contributed by atoms with van der Waals surface area (Å²) < 4.78 is 31.3. The molecule has 2 aromatic rings. The fourth-order valence-electron chi connectivity index (χ4n) is 3.63. The summed E-state index contributed by atoms with van der Waals surface area (Å²) in [5.41, 5.74) is 0.354. The Bertz CT molecular complexity index is 1120. The Labute approximate surface area is 199 Å². The minimum Gasteiger partial charge on any atom is -0.456 e. The van der Waals surface area contributed by atoms with Gasteiger partial charge >= 0.3 is 0 Å². The molecule has 1 aromatic heterocycles. The number of rotatable bonds is 7. The highest BCUT2D eigenvalue weighted by molar-refractivity contribution is 7.89. The van der Waals surface area contributed by atoms with E-state index in [1.807, 2.05) is 4.90 Å². The van der Waals surface area contributed by atoms with E-state index in [-0.39, 0.29) is 27.8 Å². The van der Waals surface area contributed by atoms with Crippen LogP contribution in [0.15, 0.2) is 39.6 Å². The van der Waals surface area contributed by atoms with Crippen molar-refractivity contribution >= 4 is 39.1 Å². The molecule has 1 atom stereocenters. The third-order valence-corrected chi connectivity index (χ3v) is 8.01. The summed E-state index contributed by atoms with van der Waals surface area (Å²) in [7, 11) is -0.908. The van der Waals surface area contributed by atoms with Gasteiger partial charge in [-0.2, -0.15) is 0 Å². The van der Waals surface area contributed by atoms with Crippen molar-refractivity contribution in [3.63, 3.8) is 0 Å². The molecule has 1 saturated heterocycles. The predicted octanol–water partition coefficient (Wildman–Crippen LogP) is 2.71. The summed E-state index contributed by atoms with van der Waals surface area (Å²) in [6.45, 7) is 4.86. The Morgan fingerprint density at radius 1 is 1.18 bits per heavy atom. The second kappa shape index (κ2) is 10.3. The molecule has 0 aliphatic carbocycles. The van der Waals surface area contributed by atoms with Crippen molar-refractivity contribution in [2.45, 2.75) is 43.7 Å². The summed E-state index contributed by atoms with van der Waals surface area (Å²) in [6.07, 6.45) is 1.41. The van der Waals surface area contributed by atoms with Crippen LogP contribution in [-0.2, 0) is 14.8 Å². The van der Waals surface area contributed by atoms with E-state index >= 15 is 0 Å². The van der Waals surface area contributed by atoms with Gasteiger partial charge in [-0.3, -0.25) is 14.5 Å². The maximum Gasteiger partial charge on any atom is 0.287 e. The van der Waals surface area contributed by atoms with E-state index in [4.69, 9.17) is 16.0 Å². The molecule has 2 N–H and O–H groups in total. The molecule has 33 heavy (non-hydrogen) atoms. The zero-order valence-electron chi connectivity index (χ0n) is 19.1. The quantitative estimate of drug-likeness (QED) is 0.609. The molecule has 0 spiro atoms. The molecule has 0 bridgehead atoms. The molecule has 2 amide bonds. The van der Waals surface area contributed by atoms with Crippen LogP contribution in [0.5, 0.6) is 0 Å². The van der Waals surface area contributed by atoms with Gasteiger partial charge in [0.1, 0.15) is 10.7 Å². The zero-order valence-corrected chi connectivity index (χ0v) is 20.7. The van der Waals surface area contributed by atoms with Gasteiger partial charge in [0, 0.05) is 38.9 Å². The number of piperidine rings is 1. The number of likely N-dealkylation sites (tertiary alicyclic amines) is 1. The van der Waals surface area contributed by atoms with E-state index in [0.717, 1.165) is 4.31 Å². The lowest BCUT2D eigenvalue weighted by atomic mass is 10.0. The van der Waals surface area contributed by atoms with Gasteiger partial charge in [0.05, 0.1) is 11.1 Å². The molecule has 1 aliphatic heterocycles. The van der Waals surface area contributed by atoms with Gasteiger partial charge < -0.3 is 15.1 Å². The number of halogens is 1. The van der Waals surface area contributed by atoms with E-state index < -0.39 is 16.1 Å². The molecule has 2 heterocycles. The molecule has 11 heteroatoms. The molecule has 1 aromatic carbocycles. The number of carbonyl (C=O) groups excluding carboxylic acids is 2. The third-order valence-electron chi connectivity index (χ3n) is 5.71. The molecule has 0 saturated carbocycles. The largest absolute Gasteiger partial charge is 0.456 e. The Hall–Kier alpha value is -2.40. The molecule has 0 radical (unpaired) electrons. The summed E-state index contributed by atoms with van der Waals surface area (Å²) in [4.78, 5) is 27.1. The first-order valence-corrected chi connectivity index (χ1v) is 12.4. The van der Waals surface area contributed by atoms with Crippen molar-refractivity contribution in [3.8, 4) is 0 Å². The first-order valence-electron chi connectivity index (χ1n) is 10.6. The van der Waals surface area contributed by atoms with Crippen molar-refractivity contribution in [3.05, 3.63) is 46.9 Å². The highest BCUT2D eigenvalue weighted by Crippen LogP contribution is 2.27. The molecule has 1 fully saturated rings. The number of nitrogens with one attached hydrogen (secondary N) is 2. The van der Waals surface area contributed by atoms with Crippen LogP contribution in [0.25, 0.3) is 0 Å². The molecule has 180 valence electrons. The third kappa shape index (κ3) is 5.94. The average molecular weight is 497 g/mol. The topological polar surface area (TPSA) is 112 Å². The van der Waals surface area contributed by atoms with Crippen LogP contribution in [0.4, 0.5) is 5.69 Å². The monoisotopic (exact) mass is 496 g/mol. The van der Waals surface area contributed by atoms with E-state index in [1.165, 1.54) is 26.2 Å². The summed E-state index contributed by atoms with van der Waals surface area (Å²) in [5.74, 6) is 0.487. The van der Waals surface area contributed by atoms with Gasteiger partial charge in [0.25, 0.3) is 5.91 Å². The summed E-state index contributed by atoms with van der Waals surface area (Å²) >= 11 is 6.07. The number of hydrogen-bond acceptors (Lipinski definition) is 6. The maximum absolute atomic E-state index is 12.8. The molecular weight excluding hydrogens is 468 g/mol. The first kappa shape index (κ1) is 25.2. The normalized spacial score (nSPS) is 16.5. The molecule has 1 unspecified atom stereocenters. The number of furan rings is 1. The van der Waals surface area contributed by atoms with E-state index in [2.05, 4.69) is 10.6 Å². The van der Waals surface area contributed by atoms with Crippen molar-refractivity contribution in [1.82, 2.24) is 14.5 Å². The van der Waals surface area contributed by atoms with Gasteiger partial charge in [0.15, 0.2) is 5.76 Å². The van der Waals surface area contributed by atoms with Crippen LogP contribution in [0.1, 0.15) is 36.1 Å². The minimum absolute atomic E-state index is 0.00415. The van der Waals surface area contributed by atoms with E-state index in [1.54, 1.807) is 32.0 Å². The van der Waals surface area contributed by atoms with Gasteiger partial charge in [-0.05, 0) is 57.0 Å². The number of benzene rings is 1. The molecule has 3 rings (SSSR count). The summed E-state index contributed by atoms with van der Waals surface area (Å²) in [5, 5.41) is 5.85. The van der Waals surface area contributed by atoms with Gasteiger partial charge in [-0.1, -0.05) is 11.6 Å². The standard InChI is InChI=1S/C22H29ClN4O5S/c1-14-5-8-19(32-14)22(29)24-16-9-11-27(12-10-16)15(2)21(28)25-17-6-7-18(23)20(13-17)33(30,31)26(3)4/h5-8,13,15-16H,9-12H2,1-4H3,(H,24,29)(H,25,28). The lowest BCUT2D eigenvalue weighted by Gasteiger charge is -2.35. The van der Waals surface area contributed by atoms with E-state index in [0.29, 0.717) is 43.1 Å². The predicted molar refractivity (Wildman–Crippen MR) is 126 cm³/mol. The lowest BCUT2D eigenvalue weighted by molar-refractivity contribution is -0.121. The van der Waals surface area contributed by atoms with Crippen LogP contribution in [0, 0.1) is 6.92 Å². The van der Waals surface area contributed by atoms with Crippen LogP contribution < -0.4 is 10.6 Å². The highest BCUT2D eigenvalue weighted by Gasteiger charge is 2.28. The fourth-order valence-corrected chi connectivity index (χ4v) is 5.03. The molecule has 1 aliphatic rings. The zero-order chi connectivity index (χ0) is 24.3. The second-order valence-corrected chi connectivity index (χ2v) is 10.8. The minimum atomic E-state index is -3.74. The van der Waals surface area contributed by atoms with Crippen LogP contribution in [0.3, 0.4) is 0 Å². The van der Waals surface area contributed by atoms with E-state index in [9.17, 15) is 18.0 Å². The van der Waals surface area contributed by atoms with Gasteiger partial charge in [0.2, 0.25) is 15.9 Å². The number of nitrogens with zero attached hydrogens (tertiary/aromatic N) is 2. The lowest BCUT2D eigenvalue weighted by Crippen LogP contribution is -2.50. The number of anilines is 1. The summed E-state index contributed by atoms with van der Waals surface area (Å²) in [6, 6.07) is 7.35. The molecule has 9 nitrogen and oxygen atoms in total. The maximum atomic E-state index is 12.8. The number of carbonyl (C=O) groups is 2. The number of sulfonamides is 1. The van der Waals surface area contributed by atoms with Crippen LogP contribution in [-0.4, -0.2) is 68.7 Å². The fraction of sp³-hybridized carbons (Fsp3) is 0.455. The van der Waals surface area contributed by atoms with Crippen molar-refractivity contribution in [1.29, 1.82) is 0 Å². The molecular formula is C22H29ClN4O5S. The van der Waals surface area contributed by atoms with Crippen LogP contribution in [0.2, 0.25) is 5.02 Å². The second-order valence-electron chi connectivity index (χ2n) is 8.29. The highest BCUT2D eigenvalue weighted by atomic mass is 35.5. The average Bonchev–Trinajstić information content (AvgIpc) is 3.21. The number of aryl methyl sites for hydroxylation is 1. The van der Waals surface area contributed by atoms with Gasteiger partial charge in [-0.15, -0.1) is 0 Å². The first-order chi connectivity index (χ1) is 15.5. The Kier molecular flexibility index (Phi) is 7.84. The van der Waals surface area contributed by atoms with Crippen LogP contribution >= 0.6 is 11.6 Å². The number of amides is 2. The number of hydrogen-bond donors (Lipinski definition) is 2. The Morgan fingerprint density at radius 3 is 2.42 bits per heavy atom. The Balaban J connectivity index is 1.56. The smallest absolute Gasteiger partial charge is 0.287 e. The SMILES string of the molecule is Cc1ccc(C(=O)NC2CCN(C(C)C(=O)Nc3ccc(Cl)c(S(=O)(=O)N(C)C)c3)CC2)o1.